The summed E-state index contributed by atoms with van der Waals surface area (Å²) in [4.78, 5) is 141. The Morgan fingerprint density at radius 3 is 1.65 bits per heavy atom. The summed E-state index contributed by atoms with van der Waals surface area (Å²) in [5, 5.41) is 45.6. The Bertz CT molecular complexity index is 2820. The monoisotopic (exact) mass is 1480 g/mol. The number of likely N-dealkylation sites (N-methyl/N-ethyl adjacent to an activating group) is 1. The number of nitrogens with zero attached hydrogens (tertiary/aromatic N) is 3. The van der Waals surface area contributed by atoms with Gasteiger partial charge >= 0.3 is 24.2 Å². The van der Waals surface area contributed by atoms with Crippen LogP contribution in [-0.2, 0) is 107 Å². The van der Waals surface area contributed by atoms with Crippen molar-refractivity contribution in [3.05, 3.63) is 66.0 Å². The van der Waals surface area contributed by atoms with Gasteiger partial charge in [0, 0.05) is 78.2 Å². The molecule has 2 heterocycles. The molecule has 1 fully saturated rings. The second-order valence-electron chi connectivity index (χ2n) is 23.6. The SMILES string of the molecule is COCCOCCOCCOCCOCCOCCOCCOCCOCCOCCN(CCN(C)C(=O)OCc1ccc(/C=C/NC(=O)C(CCCNC(N)=O)NC(=O)C(/C=C/NC(=O)C(CCC(=O)O)NC(=O)CN2C(=O)C=CC2=O)C(C)C)cc1)C(=O)OC[C@H]1OC[C@H](NC(C)=O)[C@@H](O)[C@@H]1O. The van der Waals surface area contributed by atoms with Crippen LogP contribution in [0.5, 0.6) is 0 Å². The Kier molecular flexibility index (Phi) is 47.0. The van der Waals surface area contributed by atoms with Crippen molar-refractivity contribution in [3.8, 4) is 0 Å². The summed E-state index contributed by atoms with van der Waals surface area (Å²) < 4.78 is 71.2. The summed E-state index contributed by atoms with van der Waals surface area (Å²) in [5.74, 6) is -7.54. The van der Waals surface area contributed by atoms with Crippen LogP contribution in [-0.4, -0.2) is 318 Å². The van der Waals surface area contributed by atoms with E-state index in [1.54, 1.807) is 51.3 Å². The fraction of sp³-hybridized carbons (Fsp3) is 0.657. The number of benzene rings is 1. The number of hydrogen-bond donors (Lipinski definition) is 10. The Labute approximate surface area is 604 Å². The first-order chi connectivity index (χ1) is 50.0. The summed E-state index contributed by atoms with van der Waals surface area (Å²) in [5.41, 5.74) is 6.42. The Morgan fingerprint density at radius 1 is 0.644 bits per heavy atom. The molecule has 1 saturated heterocycles. The lowest BCUT2D eigenvalue weighted by atomic mass is 9.94. The topological polar surface area (TPSA) is 476 Å². The molecule has 7 atom stereocenters. The molecular weight excluding hydrogens is 1380 g/mol. The molecule has 11 amide bonds. The van der Waals surface area contributed by atoms with Crippen molar-refractivity contribution in [1.82, 2.24) is 46.6 Å². The highest BCUT2D eigenvalue weighted by Gasteiger charge is 2.40. The van der Waals surface area contributed by atoms with E-state index in [1.165, 1.54) is 36.0 Å². The molecule has 1 aromatic carbocycles. The van der Waals surface area contributed by atoms with Gasteiger partial charge in [0.05, 0.1) is 144 Å². The quantitative estimate of drug-likeness (QED) is 0.0257. The Balaban J connectivity index is 1.45. The van der Waals surface area contributed by atoms with Gasteiger partial charge in [0.25, 0.3) is 11.8 Å². The van der Waals surface area contributed by atoms with E-state index in [9.17, 15) is 68.1 Å². The Hall–Kier alpha value is -8.31. The largest absolute Gasteiger partial charge is 0.481 e. The van der Waals surface area contributed by atoms with E-state index in [0.717, 1.165) is 18.4 Å². The van der Waals surface area contributed by atoms with Gasteiger partial charge < -0.3 is 124 Å². The minimum Gasteiger partial charge on any atom is -0.481 e. The first-order valence-electron chi connectivity index (χ1n) is 34.1. The van der Waals surface area contributed by atoms with Gasteiger partial charge in [-0.1, -0.05) is 44.2 Å². The van der Waals surface area contributed by atoms with E-state index < -0.39 is 133 Å². The van der Waals surface area contributed by atoms with Crippen molar-refractivity contribution in [2.45, 2.75) is 89.5 Å². The number of nitrogens with two attached hydrogens (primary N) is 1. The average molecular weight is 1480 g/mol. The van der Waals surface area contributed by atoms with Gasteiger partial charge in [0.15, 0.2) is 0 Å². The van der Waals surface area contributed by atoms with Crippen LogP contribution in [0, 0.1) is 11.8 Å². The van der Waals surface area contributed by atoms with E-state index in [-0.39, 0.29) is 85.1 Å². The molecule has 11 N–H and O–H groups in total. The predicted octanol–water partition coefficient (Wildman–Crippen LogP) is -1.69. The first kappa shape index (κ1) is 89.9. The number of carbonyl (C=O) groups excluding carboxylic acids is 10. The summed E-state index contributed by atoms with van der Waals surface area (Å²) >= 11 is 0. The van der Waals surface area contributed by atoms with Crippen molar-refractivity contribution in [2.24, 2.45) is 17.6 Å². The zero-order chi connectivity index (χ0) is 76.3. The van der Waals surface area contributed by atoms with Crippen LogP contribution in [0.4, 0.5) is 14.4 Å². The number of carboxylic acids is 1. The molecular formula is C67H106N10O27. The van der Waals surface area contributed by atoms with E-state index in [0.29, 0.717) is 115 Å². The second-order valence-corrected chi connectivity index (χ2v) is 23.6. The molecule has 0 aliphatic carbocycles. The standard InChI is InChI=1S/C67H106N10O27/c1-47(2)51(17-20-70-64(88)53(12-15-59(82)83)73-56(79)43-77-57(80)13-14-58(77)81)62(86)74-52(7-6-18-71-65(68)89)63(87)69-19-16-49-8-10-50(11-9-49)44-103-66(90)75(4)21-22-76(67(91)104-46-55-61(85)60(84)54(45-102-55)72-48(3)78)23-24-93-27-28-95-31-32-97-35-36-99-39-40-101-42-41-100-38-37-98-34-33-96-30-29-94-26-25-92-5/h8-11,13-14,16-17,19-20,47,51-55,60-61,84-85H,6-7,12,15,18,21-46H2,1-5H3,(H,69,87)(H,70,88)(H,72,78)(H,73,79)(H,74,86)(H,82,83)(H3,68,71,89)/b19-16+,20-17+/t51?,52?,53?,54-,55+,60+,61+/m0/s1. The molecule has 0 saturated carbocycles. The number of nitrogens with one attached hydrogen (secondary N) is 6. The second kappa shape index (κ2) is 54.3. The molecule has 0 radical (unpaired) electrons. The third-order valence-electron chi connectivity index (χ3n) is 15.1. The molecule has 104 heavy (non-hydrogen) atoms. The molecule has 0 spiro atoms. The number of amides is 11. The third-order valence-corrected chi connectivity index (χ3v) is 15.1. The molecule has 37 heteroatoms. The maximum Gasteiger partial charge on any atom is 0.409 e. The van der Waals surface area contributed by atoms with E-state index in [2.05, 4.69) is 31.9 Å². The number of urea groups is 1. The lowest BCUT2D eigenvalue weighted by molar-refractivity contribution is -0.165. The summed E-state index contributed by atoms with van der Waals surface area (Å²) in [7, 11) is 3.09. The summed E-state index contributed by atoms with van der Waals surface area (Å²) in [6.45, 7) is 10.6. The van der Waals surface area contributed by atoms with Gasteiger partial charge in [-0.05, 0) is 42.4 Å². The molecule has 0 bridgehead atoms. The number of hydrogen-bond acceptors (Lipinski definition) is 26. The normalized spacial score (nSPS) is 16.6. The zero-order valence-electron chi connectivity index (χ0n) is 59.9. The number of primary amides is 1. The van der Waals surface area contributed by atoms with Crippen molar-refractivity contribution in [1.29, 1.82) is 0 Å². The van der Waals surface area contributed by atoms with Crippen molar-refractivity contribution in [2.75, 3.05) is 186 Å². The first-order valence-corrected chi connectivity index (χ1v) is 34.1. The number of methoxy groups -OCH3 is 1. The highest BCUT2D eigenvalue weighted by molar-refractivity contribution is 6.14. The number of aliphatic carboxylic acids is 1. The van der Waals surface area contributed by atoms with Crippen LogP contribution in [0.15, 0.2) is 54.9 Å². The van der Waals surface area contributed by atoms with Gasteiger partial charge in [0.2, 0.25) is 29.5 Å². The van der Waals surface area contributed by atoms with Crippen LogP contribution in [0.3, 0.4) is 0 Å². The van der Waals surface area contributed by atoms with Crippen molar-refractivity contribution >= 4 is 71.6 Å². The van der Waals surface area contributed by atoms with E-state index >= 15 is 0 Å². The minimum absolute atomic E-state index is 0.0102. The molecule has 586 valence electrons. The lowest BCUT2D eigenvalue weighted by Crippen LogP contribution is -2.60. The van der Waals surface area contributed by atoms with Crippen LogP contribution in [0.1, 0.15) is 57.6 Å². The number of carbonyl (C=O) groups is 11. The van der Waals surface area contributed by atoms with Crippen LogP contribution in [0.2, 0.25) is 0 Å². The predicted molar refractivity (Wildman–Crippen MR) is 367 cm³/mol. The molecule has 3 unspecified atom stereocenters. The lowest BCUT2D eigenvalue weighted by Gasteiger charge is -2.37. The highest BCUT2D eigenvalue weighted by Crippen LogP contribution is 2.18. The number of aliphatic hydroxyl groups excluding tert-OH is 2. The molecule has 1 aromatic rings. The van der Waals surface area contributed by atoms with Crippen molar-refractivity contribution < 1.29 is 130 Å². The molecule has 37 nitrogen and oxygen atoms in total. The van der Waals surface area contributed by atoms with Crippen molar-refractivity contribution in [3.63, 3.8) is 0 Å². The van der Waals surface area contributed by atoms with Gasteiger partial charge in [0.1, 0.15) is 50.2 Å². The maximum absolute atomic E-state index is 13.8. The number of ether oxygens (including phenoxy) is 13. The smallest absolute Gasteiger partial charge is 0.409 e. The molecule has 0 aromatic heterocycles. The summed E-state index contributed by atoms with van der Waals surface area (Å²) in [6, 6.07) is 2.52. The van der Waals surface area contributed by atoms with Gasteiger partial charge in [-0.3, -0.25) is 43.3 Å². The molecule has 3 rings (SSSR count). The highest BCUT2D eigenvalue weighted by atomic mass is 16.6. The maximum atomic E-state index is 13.8. The van der Waals surface area contributed by atoms with E-state index in [1.807, 2.05) is 0 Å². The van der Waals surface area contributed by atoms with Crippen LogP contribution >= 0.6 is 0 Å². The Morgan fingerprint density at radius 2 is 1.15 bits per heavy atom. The fourth-order valence-electron chi connectivity index (χ4n) is 9.31. The molecule has 2 aliphatic heterocycles. The van der Waals surface area contributed by atoms with E-state index in [4.69, 9.17) is 67.3 Å². The minimum atomic E-state index is -1.50. The van der Waals surface area contributed by atoms with Gasteiger partial charge in [-0.2, -0.15) is 0 Å². The number of carboxylic acid groups (broad SMARTS) is 1. The fourth-order valence-corrected chi connectivity index (χ4v) is 9.31. The zero-order valence-corrected chi connectivity index (χ0v) is 59.9. The number of imide groups is 1. The average Bonchev–Trinajstić information content (AvgIpc) is 1.81. The summed E-state index contributed by atoms with van der Waals surface area (Å²) in [6.07, 6.45) is 1.16. The number of rotatable bonds is 57. The van der Waals surface area contributed by atoms with Gasteiger partial charge in [-0.25, -0.2) is 14.4 Å². The van der Waals surface area contributed by atoms with Crippen LogP contribution < -0.4 is 37.6 Å². The molecule has 2 aliphatic rings. The number of aliphatic hydroxyl groups is 2. The van der Waals surface area contributed by atoms with Crippen LogP contribution in [0.25, 0.3) is 6.08 Å². The van der Waals surface area contributed by atoms with Gasteiger partial charge in [-0.15, -0.1) is 0 Å². The third kappa shape index (κ3) is 40.1.